The lowest BCUT2D eigenvalue weighted by atomic mass is 10.1. The van der Waals surface area contributed by atoms with E-state index in [1.807, 2.05) is 6.92 Å². The van der Waals surface area contributed by atoms with Crippen LogP contribution in [0, 0.1) is 0 Å². The number of anilines is 1. The quantitative estimate of drug-likeness (QED) is 0.399. The second kappa shape index (κ2) is 13.4. The fraction of sp³-hybridized carbons (Fsp3) is 0.462. The number of rotatable bonds is 12. The van der Waals surface area contributed by atoms with Gasteiger partial charge in [-0.3, -0.25) is 13.9 Å². The SMILES string of the molecule is CCCNC(=O)[C@H](C)N(Cc1ccc(Cl)c(Cl)c1)C(=O)CCCN(c1ccc2c(c1)OCCO2)S(C)(=O)=O. The number of hydrogen-bond acceptors (Lipinski definition) is 6. The van der Waals surface area contributed by atoms with Crippen molar-refractivity contribution >= 4 is 50.7 Å². The van der Waals surface area contributed by atoms with Gasteiger partial charge in [0, 0.05) is 32.1 Å². The molecule has 12 heteroatoms. The van der Waals surface area contributed by atoms with Crippen molar-refractivity contribution in [2.45, 2.75) is 45.7 Å². The molecule has 0 unspecified atom stereocenters. The predicted octanol–water partition coefficient (Wildman–Crippen LogP) is 4.25. The van der Waals surface area contributed by atoms with Gasteiger partial charge in [0.1, 0.15) is 19.3 Å². The Morgan fingerprint density at radius 2 is 1.76 bits per heavy atom. The average molecular weight is 587 g/mol. The summed E-state index contributed by atoms with van der Waals surface area (Å²) in [6.07, 6.45) is 2.15. The molecule has 2 aromatic carbocycles. The molecule has 0 fully saturated rings. The van der Waals surface area contributed by atoms with Gasteiger partial charge in [-0.25, -0.2) is 8.42 Å². The zero-order valence-electron chi connectivity index (χ0n) is 21.7. The molecule has 0 radical (unpaired) electrons. The highest BCUT2D eigenvalue weighted by atomic mass is 35.5. The normalized spacial score (nSPS) is 13.5. The molecule has 3 rings (SSSR count). The molecule has 0 aromatic heterocycles. The molecule has 1 aliphatic heterocycles. The van der Waals surface area contributed by atoms with Crippen LogP contribution in [0.1, 0.15) is 38.7 Å². The molecule has 9 nitrogen and oxygen atoms in total. The Morgan fingerprint density at radius 3 is 2.42 bits per heavy atom. The number of carbonyl (C=O) groups excluding carboxylic acids is 2. The maximum absolute atomic E-state index is 13.4. The Kier molecular flexibility index (Phi) is 10.5. The maximum Gasteiger partial charge on any atom is 0.242 e. The fourth-order valence-electron chi connectivity index (χ4n) is 4.00. The van der Waals surface area contributed by atoms with E-state index in [2.05, 4.69) is 5.32 Å². The second-order valence-corrected chi connectivity index (χ2v) is 11.7. The first-order valence-electron chi connectivity index (χ1n) is 12.4. The van der Waals surface area contributed by atoms with Gasteiger partial charge in [0.2, 0.25) is 21.8 Å². The Labute approximate surface area is 234 Å². The summed E-state index contributed by atoms with van der Waals surface area (Å²) in [6, 6.07) is 9.24. The van der Waals surface area contributed by atoms with Crippen molar-refractivity contribution in [2.75, 3.05) is 36.9 Å². The molecule has 0 bridgehead atoms. The van der Waals surface area contributed by atoms with Crippen molar-refractivity contribution < 1.29 is 27.5 Å². The fourth-order valence-corrected chi connectivity index (χ4v) is 5.28. The van der Waals surface area contributed by atoms with Crippen LogP contribution in [0.4, 0.5) is 5.69 Å². The van der Waals surface area contributed by atoms with Gasteiger partial charge in [-0.15, -0.1) is 0 Å². The minimum atomic E-state index is -3.64. The van der Waals surface area contributed by atoms with Crippen molar-refractivity contribution in [3.05, 3.63) is 52.0 Å². The third-order valence-corrected chi connectivity index (χ3v) is 7.95. The summed E-state index contributed by atoms with van der Waals surface area (Å²) in [5.41, 5.74) is 1.14. The molecule has 38 heavy (non-hydrogen) atoms. The molecule has 0 saturated carbocycles. The summed E-state index contributed by atoms with van der Waals surface area (Å²) >= 11 is 12.2. The lowest BCUT2D eigenvalue weighted by Gasteiger charge is -2.29. The topological polar surface area (TPSA) is 105 Å². The number of halogens is 2. The van der Waals surface area contributed by atoms with Crippen molar-refractivity contribution in [2.24, 2.45) is 0 Å². The van der Waals surface area contributed by atoms with E-state index in [9.17, 15) is 18.0 Å². The van der Waals surface area contributed by atoms with Crippen LogP contribution in [0.5, 0.6) is 11.5 Å². The van der Waals surface area contributed by atoms with Gasteiger partial charge >= 0.3 is 0 Å². The summed E-state index contributed by atoms with van der Waals surface area (Å²) < 4.78 is 37.5. The summed E-state index contributed by atoms with van der Waals surface area (Å²) in [7, 11) is -3.64. The Morgan fingerprint density at radius 1 is 1.05 bits per heavy atom. The van der Waals surface area contributed by atoms with Crippen LogP contribution in [0.2, 0.25) is 10.0 Å². The number of nitrogens with zero attached hydrogens (tertiary/aromatic N) is 2. The monoisotopic (exact) mass is 585 g/mol. The third-order valence-electron chi connectivity index (χ3n) is 6.02. The summed E-state index contributed by atoms with van der Waals surface area (Å²) in [6.45, 7) is 5.13. The minimum absolute atomic E-state index is 0.0310. The molecule has 208 valence electrons. The number of carbonyl (C=O) groups is 2. The van der Waals surface area contributed by atoms with Crippen LogP contribution in [-0.4, -0.2) is 63.7 Å². The first-order chi connectivity index (χ1) is 18.0. The first kappa shape index (κ1) is 29.9. The number of hydrogen-bond donors (Lipinski definition) is 1. The van der Waals surface area contributed by atoms with Crippen molar-refractivity contribution in [3.8, 4) is 11.5 Å². The Balaban J connectivity index is 1.74. The summed E-state index contributed by atoms with van der Waals surface area (Å²) in [5.74, 6) is 0.468. The summed E-state index contributed by atoms with van der Waals surface area (Å²) in [5, 5.41) is 3.57. The molecule has 1 heterocycles. The zero-order valence-corrected chi connectivity index (χ0v) is 24.0. The lowest BCUT2D eigenvalue weighted by molar-refractivity contribution is -0.140. The van der Waals surface area contributed by atoms with Crippen LogP contribution in [0.15, 0.2) is 36.4 Å². The molecule has 1 aliphatic rings. The van der Waals surface area contributed by atoms with E-state index in [0.717, 1.165) is 18.2 Å². The predicted molar refractivity (Wildman–Crippen MR) is 149 cm³/mol. The highest BCUT2D eigenvalue weighted by Crippen LogP contribution is 2.35. The van der Waals surface area contributed by atoms with Crippen LogP contribution in [0.3, 0.4) is 0 Å². The van der Waals surface area contributed by atoms with E-state index in [-0.39, 0.29) is 37.7 Å². The van der Waals surface area contributed by atoms with Gasteiger partial charge in [-0.05, 0) is 49.6 Å². The van der Waals surface area contributed by atoms with Crippen molar-refractivity contribution in [1.29, 1.82) is 0 Å². The number of amides is 2. The average Bonchev–Trinajstić information content (AvgIpc) is 2.88. The number of sulfonamides is 1. The highest BCUT2D eigenvalue weighted by Gasteiger charge is 2.27. The van der Waals surface area contributed by atoms with E-state index in [0.29, 0.717) is 47.0 Å². The molecule has 0 saturated heterocycles. The zero-order chi connectivity index (χ0) is 27.9. The number of ether oxygens (including phenoxy) is 2. The van der Waals surface area contributed by atoms with Gasteiger partial charge in [0.25, 0.3) is 0 Å². The molecular weight excluding hydrogens is 553 g/mol. The van der Waals surface area contributed by atoms with Crippen LogP contribution in [-0.2, 0) is 26.2 Å². The lowest BCUT2D eigenvalue weighted by Crippen LogP contribution is -2.47. The number of nitrogens with one attached hydrogen (secondary N) is 1. The molecular formula is C26H33Cl2N3O6S. The molecule has 1 atom stereocenters. The molecule has 1 N–H and O–H groups in total. The molecule has 0 aliphatic carbocycles. The van der Waals surface area contributed by atoms with Crippen molar-refractivity contribution in [3.63, 3.8) is 0 Å². The minimum Gasteiger partial charge on any atom is -0.486 e. The standard InChI is InChI=1S/C26H33Cl2N3O6S/c1-4-11-29-26(33)18(2)30(17-19-7-9-21(27)22(28)15-19)25(32)6-5-12-31(38(3,34)35)20-8-10-23-24(16-20)37-14-13-36-23/h7-10,15-16,18H,4-6,11-14,17H2,1-3H3,(H,29,33)/t18-/m0/s1. The smallest absolute Gasteiger partial charge is 0.242 e. The number of benzene rings is 2. The number of fused-ring (bicyclic) bond motifs is 1. The van der Waals surface area contributed by atoms with E-state index in [4.69, 9.17) is 32.7 Å². The van der Waals surface area contributed by atoms with E-state index in [1.165, 1.54) is 9.21 Å². The van der Waals surface area contributed by atoms with Gasteiger partial charge in [-0.2, -0.15) is 0 Å². The van der Waals surface area contributed by atoms with Crippen molar-refractivity contribution in [1.82, 2.24) is 10.2 Å². The largest absolute Gasteiger partial charge is 0.486 e. The Bertz CT molecular complexity index is 1260. The summed E-state index contributed by atoms with van der Waals surface area (Å²) in [4.78, 5) is 27.5. The molecule has 0 spiro atoms. The molecule has 2 aromatic rings. The van der Waals surface area contributed by atoms with E-state index < -0.39 is 16.1 Å². The second-order valence-electron chi connectivity index (χ2n) is 9.00. The van der Waals surface area contributed by atoms with Gasteiger partial charge in [0.15, 0.2) is 11.5 Å². The van der Waals surface area contributed by atoms with Gasteiger partial charge in [-0.1, -0.05) is 36.2 Å². The first-order valence-corrected chi connectivity index (χ1v) is 15.0. The van der Waals surface area contributed by atoms with Crippen LogP contribution in [0.25, 0.3) is 0 Å². The van der Waals surface area contributed by atoms with Crippen LogP contribution >= 0.6 is 23.2 Å². The van der Waals surface area contributed by atoms with Crippen LogP contribution < -0.4 is 19.1 Å². The van der Waals surface area contributed by atoms with Gasteiger partial charge < -0.3 is 19.7 Å². The Hall–Kier alpha value is -2.69. The van der Waals surface area contributed by atoms with E-state index >= 15 is 0 Å². The maximum atomic E-state index is 13.4. The van der Waals surface area contributed by atoms with E-state index in [1.54, 1.807) is 43.3 Å². The molecule has 2 amide bonds. The van der Waals surface area contributed by atoms with Gasteiger partial charge in [0.05, 0.1) is 22.0 Å². The third kappa shape index (κ3) is 7.91. The highest BCUT2D eigenvalue weighted by molar-refractivity contribution is 7.92.